The fraction of sp³-hybridized carbons (Fsp3) is 0.294. The van der Waals surface area contributed by atoms with Crippen molar-refractivity contribution in [2.24, 2.45) is 0 Å². The smallest absolute Gasteiger partial charge is 0.255 e. The zero-order valence-corrected chi connectivity index (χ0v) is 13.9. The lowest BCUT2D eigenvalue weighted by Crippen LogP contribution is -2.18. The number of nitrogens with zero attached hydrogens (tertiary/aromatic N) is 2. The summed E-state index contributed by atoms with van der Waals surface area (Å²) in [4.78, 5) is 18.6. The molecule has 0 unspecified atom stereocenters. The van der Waals surface area contributed by atoms with Crippen LogP contribution in [-0.2, 0) is 0 Å². The van der Waals surface area contributed by atoms with Gasteiger partial charge in [0.2, 0.25) is 0 Å². The average Bonchev–Trinajstić information content (AvgIpc) is 2.59. The molecule has 0 spiro atoms. The predicted octanol–water partition coefficient (Wildman–Crippen LogP) is 1.78. The van der Waals surface area contributed by atoms with Gasteiger partial charge in [-0.3, -0.25) is 4.79 Å². The number of aliphatic hydroxyl groups excluding tert-OH is 1. The summed E-state index contributed by atoms with van der Waals surface area (Å²) < 4.78 is 10.6. The van der Waals surface area contributed by atoms with Gasteiger partial charge in [0.1, 0.15) is 6.61 Å². The highest BCUT2D eigenvalue weighted by molar-refractivity contribution is 6.06. The number of hydrogen-bond donors (Lipinski definition) is 2. The van der Waals surface area contributed by atoms with Crippen LogP contribution in [0.25, 0.3) is 0 Å². The molecule has 2 aromatic rings. The first kappa shape index (κ1) is 17.6. The van der Waals surface area contributed by atoms with Gasteiger partial charge >= 0.3 is 0 Å². The summed E-state index contributed by atoms with van der Waals surface area (Å²) in [5.41, 5.74) is 1.03. The highest BCUT2D eigenvalue weighted by Gasteiger charge is 2.14. The fourth-order valence-electron chi connectivity index (χ4n) is 2.13. The fourth-order valence-corrected chi connectivity index (χ4v) is 2.13. The van der Waals surface area contributed by atoms with Crippen LogP contribution in [0.2, 0.25) is 0 Å². The molecular formula is C17H21N3O4. The summed E-state index contributed by atoms with van der Waals surface area (Å²) in [5, 5.41) is 11.7. The van der Waals surface area contributed by atoms with Crippen molar-refractivity contribution in [1.82, 2.24) is 4.98 Å². The minimum absolute atomic E-state index is 0.120. The van der Waals surface area contributed by atoms with Crippen LogP contribution in [0, 0.1) is 0 Å². The van der Waals surface area contributed by atoms with Crippen LogP contribution in [0.15, 0.2) is 36.5 Å². The van der Waals surface area contributed by atoms with Gasteiger partial charge in [0.15, 0.2) is 17.3 Å². The van der Waals surface area contributed by atoms with Gasteiger partial charge in [0, 0.05) is 25.9 Å². The normalized spacial score (nSPS) is 10.2. The first-order chi connectivity index (χ1) is 11.6. The van der Waals surface area contributed by atoms with Crippen molar-refractivity contribution in [1.29, 1.82) is 0 Å². The van der Waals surface area contributed by atoms with Crippen LogP contribution in [0.4, 0.5) is 11.5 Å². The van der Waals surface area contributed by atoms with E-state index in [0.717, 1.165) is 0 Å². The van der Waals surface area contributed by atoms with E-state index in [1.54, 1.807) is 36.5 Å². The highest BCUT2D eigenvalue weighted by atomic mass is 16.5. The van der Waals surface area contributed by atoms with Crippen LogP contribution in [0.3, 0.4) is 0 Å². The molecule has 7 nitrogen and oxygen atoms in total. The van der Waals surface area contributed by atoms with Crippen LogP contribution in [-0.4, -0.2) is 50.4 Å². The number of nitrogens with one attached hydrogen (secondary N) is 1. The number of aliphatic hydroxyl groups is 1. The molecule has 0 atom stereocenters. The molecule has 7 heteroatoms. The van der Waals surface area contributed by atoms with E-state index in [9.17, 15) is 4.79 Å². The van der Waals surface area contributed by atoms with Gasteiger partial charge in [0.25, 0.3) is 5.91 Å². The average molecular weight is 331 g/mol. The highest BCUT2D eigenvalue weighted by Crippen LogP contribution is 2.29. The number of carbonyl (C=O) groups is 1. The van der Waals surface area contributed by atoms with E-state index in [1.807, 2.05) is 19.0 Å². The molecule has 1 heterocycles. The maximum atomic E-state index is 12.5. The molecule has 128 valence electrons. The minimum atomic E-state index is -0.289. The molecular weight excluding hydrogens is 310 g/mol. The second-order valence-corrected chi connectivity index (χ2v) is 5.16. The Bertz CT molecular complexity index is 704. The number of amides is 1. The molecule has 1 aromatic carbocycles. The third-order valence-electron chi connectivity index (χ3n) is 3.23. The van der Waals surface area contributed by atoms with Crippen molar-refractivity contribution >= 4 is 17.4 Å². The summed E-state index contributed by atoms with van der Waals surface area (Å²) >= 11 is 0. The van der Waals surface area contributed by atoms with E-state index < -0.39 is 0 Å². The molecule has 0 fully saturated rings. The van der Waals surface area contributed by atoms with Crippen molar-refractivity contribution in [2.75, 3.05) is 44.6 Å². The predicted molar refractivity (Wildman–Crippen MR) is 92.1 cm³/mol. The van der Waals surface area contributed by atoms with Gasteiger partial charge in [-0.1, -0.05) is 0 Å². The van der Waals surface area contributed by atoms with E-state index in [1.165, 1.54) is 7.11 Å². The molecule has 0 aliphatic rings. The zero-order chi connectivity index (χ0) is 17.5. The molecule has 0 saturated carbocycles. The molecule has 0 radical (unpaired) electrons. The lowest BCUT2D eigenvalue weighted by molar-refractivity contribution is 0.102. The van der Waals surface area contributed by atoms with E-state index in [-0.39, 0.29) is 19.1 Å². The maximum absolute atomic E-state index is 12.5. The Balaban J connectivity index is 2.24. The van der Waals surface area contributed by atoms with Crippen LogP contribution >= 0.6 is 0 Å². The first-order valence-corrected chi connectivity index (χ1v) is 7.42. The summed E-state index contributed by atoms with van der Waals surface area (Å²) in [5.74, 6) is 1.27. The van der Waals surface area contributed by atoms with Gasteiger partial charge in [-0.05, 0) is 30.3 Å². The topological polar surface area (TPSA) is 83.9 Å². The Morgan fingerprint density at radius 2 is 2.08 bits per heavy atom. The minimum Gasteiger partial charge on any atom is -0.493 e. The number of methoxy groups -OCH3 is 1. The number of benzene rings is 1. The van der Waals surface area contributed by atoms with E-state index in [2.05, 4.69) is 10.3 Å². The third kappa shape index (κ3) is 4.14. The molecule has 24 heavy (non-hydrogen) atoms. The summed E-state index contributed by atoms with van der Waals surface area (Å²) in [6, 6.07) is 8.41. The standard InChI is InChI=1S/C17H21N3O4/c1-20(2)16-13(5-4-8-18-16)19-17(22)12-6-7-14(23-3)15(11-12)24-10-9-21/h4-8,11,21H,9-10H2,1-3H3,(H,19,22). The SMILES string of the molecule is COc1ccc(C(=O)Nc2cccnc2N(C)C)cc1OCCO. The third-order valence-corrected chi connectivity index (χ3v) is 3.23. The Morgan fingerprint density at radius 1 is 1.29 bits per heavy atom. The van der Waals surface area contributed by atoms with Gasteiger partial charge in [-0.2, -0.15) is 0 Å². The Hall–Kier alpha value is -2.80. The molecule has 2 rings (SSSR count). The first-order valence-electron chi connectivity index (χ1n) is 7.42. The number of carbonyl (C=O) groups excluding carboxylic acids is 1. The van der Waals surface area contributed by atoms with E-state index >= 15 is 0 Å². The van der Waals surface area contributed by atoms with Crippen LogP contribution in [0.5, 0.6) is 11.5 Å². The number of pyridine rings is 1. The molecule has 1 aromatic heterocycles. The molecule has 0 aliphatic carbocycles. The molecule has 0 saturated heterocycles. The van der Waals surface area contributed by atoms with Gasteiger partial charge in [0.05, 0.1) is 19.4 Å². The molecule has 0 bridgehead atoms. The zero-order valence-electron chi connectivity index (χ0n) is 13.9. The lowest BCUT2D eigenvalue weighted by atomic mass is 10.2. The van der Waals surface area contributed by atoms with Crippen LogP contribution < -0.4 is 19.7 Å². The van der Waals surface area contributed by atoms with Crippen molar-refractivity contribution in [3.05, 3.63) is 42.1 Å². The van der Waals surface area contributed by atoms with Gasteiger partial charge in [-0.25, -0.2) is 4.98 Å². The Kier molecular flexibility index (Phi) is 5.97. The van der Waals surface area contributed by atoms with E-state index in [0.29, 0.717) is 28.6 Å². The monoisotopic (exact) mass is 331 g/mol. The van der Waals surface area contributed by atoms with E-state index in [4.69, 9.17) is 14.6 Å². The van der Waals surface area contributed by atoms with Crippen molar-refractivity contribution in [2.45, 2.75) is 0 Å². The Morgan fingerprint density at radius 3 is 2.75 bits per heavy atom. The van der Waals surface area contributed by atoms with Crippen molar-refractivity contribution in [3.63, 3.8) is 0 Å². The number of ether oxygens (including phenoxy) is 2. The number of aromatic nitrogens is 1. The quantitative estimate of drug-likeness (QED) is 0.804. The summed E-state index contributed by atoms with van der Waals surface area (Å²) in [6.45, 7) is -0.00370. The number of hydrogen-bond acceptors (Lipinski definition) is 6. The van der Waals surface area contributed by atoms with Crippen LogP contribution in [0.1, 0.15) is 10.4 Å². The van der Waals surface area contributed by atoms with Crippen molar-refractivity contribution < 1.29 is 19.4 Å². The van der Waals surface area contributed by atoms with Crippen molar-refractivity contribution in [3.8, 4) is 11.5 Å². The number of rotatable bonds is 7. The second-order valence-electron chi connectivity index (χ2n) is 5.16. The number of anilines is 2. The summed E-state index contributed by atoms with van der Waals surface area (Å²) in [7, 11) is 5.22. The second kappa shape index (κ2) is 8.16. The van der Waals surface area contributed by atoms with Gasteiger partial charge < -0.3 is 24.8 Å². The molecule has 1 amide bonds. The Labute approximate surface area is 140 Å². The summed E-state index contributed by atoms with van der Waals surface area (Å²) in [6.07, 6.45) is 1.67. The molecule has 2 N–H and O–H groups in total. The molecule has 0 aliphatic heterocycles. The van der Waals surface area contributed by atoms with Gasteiger partial charge in [-0.15, -0.1) is 0 Å². The largest absolute Gasteiger partial charge is 0.493 e. The lowest BCUT2D eigenvalue weighted by Gasteiger charge is -2.16. The maximum Gasteiger partial charge on any atom is 0.255 e.